The highest BCUT2D eigenvalue weighted by Gasteiger charge is 2.27. The molecule has 0 aliphatic carbocycles. The predicted molar refractivity (Wildman–Crippen MR) is 83.5 cm³/mol. The summed E-state index contributed by atoms with van der Waals surface area (Å²) in [6.07, 6.45) is 14.0. The minimum Gasteiger partial charge on any atom is -0.276 e. The van der Waals surface area contributed by atoms with Gasteiger partial charge in [-0.15, -0.1) is 0 Å². The van der Waals surface area contributed by atoms with E-state index in [1.165, 1.54) is 63.5 Å². The number of hydrogen-bond donors (Lipinski definition) is 0. The first kappa shape index (κ1) is 16.3. The molecule has 1 rings (SSSR count). The molecule has 0 fully saturated rings. The molecule has 1 aromatic heterocycles. The van der Waals surface area contributed by atoms with Crippen molar-refractivity contribution in [3.63, 3.8) is 0 Å². The number of aromatic nitrogens is 2. The molecule has 2 nitrogen and oxygen atoms in total. The number of aryl methyl sites for hydroxylation is 1. The van der Waals surface area contributed by atoms with Gasteiger partial charge in [0.05, 0.1) is 5.69 Å². The van der Waals surface area contributed by atoms with Crippen molar-refractivity contribution in [2.45, 2.75) is 84.0 Å². The van der Waals surface area contributed by atoms with Gasteiger partial charge in [0.15, 0.2) is 0 Å². The van der Waals surface area contributed by atoms with Gasteiger partial charge in [0.2, 0.25) is 0 Å². The summed E-state index contributed by atoms with van der Waals surface area (Å²) in [5.74, 6) is 0. The standard InChI is InChI=1S/C17H32N2/c1-5-7-9-10-11-14-17(3,13-8-6-2)16-12-15-19(4)18-16/h12,15H,5-11,13-14H2,1-4H3. The highest BCUT2D eigenvalue weighted by Crippen LogP contribution is 2.34. The van der Waals surface area contributed by atoms with Crippen LogP contribution in [0, 0.1) is 0 Å². The Balaban J connectivity index is 2.54. The molecule has 2 heteroatoms. The van der Waals surface area contributed by atoms with Crippen LogP contribution in [0.5, 0.6) is 0 Å². The maximum atomic E-state index is 4.67. The molecule has 1 heterocycles. The van der Waals surface area contributed by atoms with E-state index in [0.717, 1.165) is 0 Å². The molecule has 0 amide bonds. The van der Waals surface area contributed by atoms with Gasteiger partial charge in [-0.1, -0.05) is 65.7 Å². The minimum atomic E-state index is 0.281. The molecule has 1 aromatic rings. The molecule has 19 heavy (non-hydrogen) atoms. The van der Waals surface area contributed by atoms with Crippen LogP contribution >= 0.6 is 0 Å². The first-order valence-corrected chi connectivity index (χ1v) is 8.12. The Morgan fingerprint density at radius 2 is 1.63 bits per heavy atom. The normalized spacial score (nSPS) is 14.5. The maximum Gasteiger partial charge on any atom is 0.0683 e. The predicted octanol–water partition coefficient (Wildman–Crippen LogP) is 5.23. The van der Waals surface area contributed by atoms with Gasteiger partial charge in [0, 0.05) is 18.7 Å². The molecule has 110 valence electrons. The largest absolute Gasteiger partial charge is 0.276 e. The lowest BCUT2D eigenvalue weighted by Gasteiger charge is -2.28. The lowest BCUT2D eigenvalue weighted by atomic mass is 9.77. The summed E-state index contributed by atoms with van der Waals surface area (Å²) >= 11 is 0. The Kier molecular flexibility index (Phi) is 7.19. The Morgan fingerprint density at radius 3 is 2.21 bits per heavy atom. The highest BCUT2D eigenvalue weighted by molar-refractivity contribution is 5.13. The van der Waals surface area contributed by atoms with Crippen LogP contribution < -0.4 is 0 Å². The monoisotopic (exact) mass is 264 g/mol. The summed E-state index contributed by atoms with van der Waals surface area (Å²) in [6.45, 7) is 6.96. The van der Waals surface area contributed by atoms with Crippen molar-refractivity contribution >= 4 is 0 Å². The van der Waals surface area contributed by atoms with Crippen LogP contribution in [0.4, 0.5) is 0 Å². The number of unbranched alkanes of at least 4 members (excludes halogenated alkanes) is 5. The van der Waals surface area contributed by atoms with Gasteiger partial charge < -0.3 is 0 Å². The second-order valence-corrected chi connectivity index (χ2v) is 6.20. The lowest BCUT2D eigenvalue weighted by Crippen LogP contribution is -2.23. The Hall–Kier alpha value is -0.790. The van der Waals surface area contributed by atoms with Crippen molar-refractivity contribution in [2.75, 3.05) is 0 Å². The molecule has 0 bridgehead atoms. The third-order valence-electron chi connectivity index (χ3n) is 4.25. The quantitative estimate of drug-likeness (QED) is 0.529. The van der Waals surface area contributed by atoms with Gasteiger partial charge in [-0.25, -0.2) is 0 Å². The molecule has 0 spiro atoms. The van der Waals surface area contributed by atoms with Crippen molar-refractivity contribution in [3.05, 3.63) is 18.0 Å². The molecule has 0 N–H and O–H groups in total. The molecule has 1 atom stereocenters. The van der Waals surface area contributed by atoms with Gasteiger partial charge in [0.25, 0.3) is 0 Å². The van der Waals surface area contributed by atoms with E-state index >= 15 is 0 Å². The van der Waals surface area contributed by atoms with Crippen molar-refractivity contribution in [2.24, 2.45) is 7.05 Å². The maximum absolute atomic E-state index is 4.67. The average molecular weight is 264 g/mol. The van der Waals surface area contributed by atoms with Crippen molar-refractivity contribution < 1.29 is 0 Å². The van der Waals surface area contributed by atoms with Crippen LogP contribution in [0.2, 0.25) is 0 Å². The summed E-state index contributed by atoms with van der Waals surface area (Å²) in [4.78, 5) is 0. The smallest absolute Gasteiger partial charge is 0.0683 e. The van der Waals surface area contributed by atoms with Crippen LogP contribution in [0.3, 0.4) is 0 Å². The molecular weight excluding hydrogens is 232 g/mol. The number of hydrogen-bond acceptors (Lipinski definition) is 1. The summed E-state index contributed by atoms with van der Waals surface area (Å²) in [5.41, 5.74) is 1.57. The fraction of sp³-hybridized carbons (Fsp3) is 0.824. The third kappa shape index (κ3) is 5.38. The molecular formula is C17H32N2. The zero-order chi connectivity index (χ0) is 14.1. The van der Waals surface area contributed by atoms with Crippen molar-refractivity contribution in [1.29, 1.82) is 0 Å². The van der Waals surface area contributed by atoms with Crippen LogP contribution in [-0.4, -0.2) is 9.78 Å². The topological polar surface area (TPSA) is 17.8 Å². The van der Waals surface area contributed by atoms with E-state index in [0.29, 0.717) is 0 Å². The molecule has 0 radical (unpaired) electrons. The van der Waals surface area contributed by atoms with E-state index in [-0.39, 0.29) is 5.41 Å². The highest BCUT2D eigenvalue weighted by atomic mass is 15.2. The second kappa shape index (κ2) is 8.39. The van der Waals surface area contributed by atoms with Crippen LogP contribution in [-0.2, 0) is 12.5 Å². The summed E-state index contributed by atoms with van der Waals surface area (Å²) in [5, 5.41) is 4.67. The molecule has 0 aliphatic rings. The zero-order valence-electron chi connectivity index (χ0n) is 13.4. The number of rotatable bonds is 10. The fourth-order valence-corrected chi connectivity index (χ4v) is 2.80. The molecule has 0 aliphatic heterocycles. The van der Waals surface area contributed by atoms with E-state index < -0.39 is 0 Å². The van der Waals surface area contributed by atoms with Gasteiger partial charge in [0.1, 0.15) is 0 Å². The third-order valence-corrected chi connectivity index (χ3v) is 4.25. The Morgan fingerprint density at radius 1 is 1.00 bits per heavy atom. The van der Waals surface area contributed by atoms with E-state index in [1.807, 2.05) is 11.7 Å². The van der Waals surface area contributed by atoms with Crippen molar-refractivity contribution in [3.8, 4) is 0 Å². The van der Waals surface area contributed by atoms with Gasteiger partial charge >= 0.3 is 0 Å². The van der Waals surface area contributed by atoms with Gasteiger partial charge in [-0.3, -0.25) is 4.68 Å². The van der Waals surface area contributed by atoms with Crippen LogP contribution in [0.15, 0.2) is 12.3 Å². The first-order chi connectivity index (χ1) is 9.12. The van der Waals surface area contributed by atoms with E-state index in [2.05, 4.69) is 38.1 Å². The zero-order valence-corrected chi connectivity index (χ0v) is 13.4. The minimum absolute atomic E-state index is 0.281. The fourth-order valence-electron chi connectivity index (χ4n) is 2.80. The summed E-state index contributed by atoms with van der Waals surface area (Å²) < 4.78 is 1.94. The lowest BCUT2D eigenvalue weighted by molar-refractivity contribution is 0.356. The molecule has 0 saturated heterocycles. The molecule has 0 aromatic carbocycles. The van der Waals surface area contributed by atoms with E-state index in [4.69, 9.17) is 0 Å². The van der Waals surface area contributed by atoms with Gasteiger partial charge in [-0.2, -0.15) is 5.10 Å². The molecule has 0 saturated carbocycles. The SMILES string of the molecule is CCCCCCCC(C)(CCCC)c1ccn(C)n1. The summed E-state index contributed by atoms with van der Waals surface area (Å²) in [7, 11) is 2.02. The van der Waals surface area contributed by atoms with Crippen LogP contribution in [0.25, 0.3) is 0 Å². The van der Waals surface area contributed by atoms with Crippen LogP contribution in [0.1, 0.15) is 84.3 Å². The molecule has 1 unspecified atom stereocenters. The number of nitrogens with zero attached hydrogens (tertiary/aromatic N) is 2. The van der Waals surface area contributed by atoms with E-state index in [9.17, 15) is 0 Å². The summed E-state index contributed by atoms with van der Waals surface area (Å²) in [6, 6.07) is 2.21. The Bertz CT molecular complexity index is 343. The van der Waals surface area contributed by atoms with Gasteiger partial charge in [-0.05, 0) is 18.9 Å². The Labute approximate surface area is 119 Å². The first-order valence-electron chi connectivity index (χ1n) is 8.12. The van der Waals surface area contributed by atoms with E-state index in [1.54, 1.807) is 0 Å². The van der Waals surface area contributed by atoms with Crippen molar-refractivity contribution in [1.82, 2.24) is 9.78 Å². The average Bonchev–Trinajstić information content (AvgIpc) is 2.83. The second-order valence-electron chi connectivity index (χ2n) is 6.20.